The number of carbonyl (C=O) groups is 2. The van der Waals surface area contributed by atoms with Crippen molar-refractivity contribution in [3.8, 4) is 0 Å². The minimum Gasteiger partial charge on any atom is -0.326 e. The molecule has 0 atom stereocenters. The van der Waals surface area contributed by atoms with Crippen molar-refractivity contribution in [2.75, 3.05) is 10.6 Å². The topological polar surface area (TPSA) is 84.0 Å². The number of benzene rings is 1. The zero-order valence-electron chi connectivity index (χ0n) is 13.5. The Morgan fingerprint density at radius 1 is 1.17 bits per heavy atom. The summed E-state index contributed by atoms with van der Waals surface area (Å²) in [5, 5.41) is 14.8. The largest absolute Gasteiger partial charge is 0.326 e. The molecule has 0 fully saturated rings. The average Bonchev–Trinajstić information content (AvgIpc) is 2.91. The first-order valence-corrected chi connectivity index (χ1v) is 9.21. The maximum Gasteiger partial charge on any atom is 0.226 e. The number of amides is 2. The Morgan fingerprint density at radius 2 is 1.88 bits per heavy atom. The smallest absolute Gasteiger partial charge is 0.226 e. The van der Waals surface area contributed by atoms with E-state index >= 15 is 0 Å². The van der Waals surface area contributed by atoms with Gasteiger partial charge in [0.05, 0.1) is 0 Å². The minimum atomic E-state index is -0.244. The standard InChI is InChI=1S/C16H19BrN4O2S/c1-10(2)8-15-20-21-16(24-15)19-14(23)7-6-13(22)18-12-5-3-4-11(17)9-12/h3-5,9-10H,6-8H2,1-2H3,(H,18,22)(H,19,21,23). The molecular weight excluding hydrogens is 392 g/mol. The van der Waals surface area contributed by atoms with Gasteiger partial charge in [-0.2, -0.15) is 0 Å². The lowest BCUT2D eigenvalue weighted by Gasteiger charge is -2.05. The van der Waals surface area contributed by atoms with E-state index in [9.17, 15) is 9.59 Å². The Morgan fingerprint density at radius 3 is 2.54 bits per heavy atom. The summed E-state index contributed by atoms with van der Waals surface area (Å²) in [4.78, 5) is 23.8. The molecule has 0 spiro atoms. The van der Waals surface area contributed by atoms with E-state index < -0.39 is 0 Å². The number of carbonyl (C=O) groups excluding carboxylic acids is 2. The number of anilines is 2. The Kier molecular flexibility index (Phi) is 6.86. The highest BCUT2D eigenvalue weighted by atomic mass is 79.9. The first kappa shape index (κ1) is 18.5. The van der Waals surface area contributed by atoms with Gasteiger partial charge in [-0.05, 0) is 24.1 Å². The Balaban J connectivity index is 1.76. The molecule has 2 aromatic rings. The molecule has 0 bridgehead atoms. The third-order valence-electron chi connectivity index (χ3n) is 2.98. The van der Waals surface area contributed by atoms with Gasteiger partial charge in [0.2, 0.25) is 16.9 Å². The normalized spacial score (nSPS) is 10.7. The maximum atomic E-state index is 11.9. The van der Waals surface area contributed by atoms with Crippen molar-refractivity contribution in [1.82, 2.24) is 10.2 Å². The van der Waals surface area contributed by atoms with Crippen molar-refractivity contribution >= 4 is 49.9 Å². The summed E-state index contributed by atoms with van der Waals surface area (Å²) in [7, 11) is 0. The van der Waals surface area contributed by atoms with E-state index in [1.807, 2.05) is 12.1 Å². The van der Waals surface area contributed by atoms with Crippen LogP contribution in [0, 0.1) is 5.92 Å². The molecule has 1 aromatic heterocycles. The lowest BCUT2D eigenvalue weighted by Crippen LogP contribution is -2.17. The highest BCUT2D eigenvalue weighted by Gasteiger charge is 2.11. The summed E-state index contributed by atoms with van der Waals surface area (Å²) in [6.45, 7) is 4.20. The van der Waals surface area contributed by atoms with Gasteiger partial charge in [0.25, 0.3) is 0 Å². The fraction of sp³-hybridized carbons (Fsp3) is 0.375. The second kappa shape index (κ2) is 8.89. The van der Waals surface area contributed by atoms with Crippen LogP contribution in [-0.2, 0) is 16.0 Å². The van der Waals surface area contributed by atoms with Crippen LogP contribution in [0.25, 0.3) is 0 Å². The van der Waals surface area contributed by atoms with Gasteiger partial charge >= 0.3 is 0 Å². The van der Waals surface area contributed by atoms with Gasteiger partial charge in [0.1, 0.15) is 5.01 Å². The predicted octanol–water partition coefficient (Wildman–Crippen LogP) is 3.86. The van der Waals surface area contributed by atoms with Crippen LogP contribution < -0.4 is 10.6 Å². The molecule has 0 unspecified atom stereocenters. The molecule has 0 aliphatic rings. The second-order valence-corrected chi connectivity index (χ2v) is 7.68. The molecule has 0 aliphatic heterocycles. The summed E-state index contributed by atoms with van der Waals surface area (Å²) in [5.74, 6) is 0.0378. The first-order valence-electron chi connectivity index (χ1n) is 7.60. The van der Waals surface area contributed by atoms with Gasteiger partial charge in [-0.15, -0.1) is 10.2 Å². The molecule has 2 rings (SSSR count). The van der Waals surface area contributed by atoms with Gasteiger partial charge < -0.3 is 10.6 Å². The van der Waals surface area contributed by atoms with E-state index in [1.54, 1.807) is 12.1 Å². The first-order chi connectivity index (χ1) is 11.4. The summed E-state index contributed by atoms with van der Waals surface area (Å²) in [6.07, 6.45) is 1.04. The summed E-state index contributed by atoms with van der Waals surface area (Å²) in [6, 6.07) is 7.30. The monoisotopic (exact) mass is 410 g/mol. The van der Waals surface area contributed by atoms with Crippen LogP contribution in [0.2, 0.25) is 0 Å². The van der Waals surface area contributed by atoms with Gasteiger partial charge in [-0.25, -0.2) is 0 Å². The number of nitrogens with zero attached hydrogens (tertiary/aromatic N) is 2. The summed E-state index contributed by atoms with van der Waals surface area (Å²) < 4.78 is 0.881. The number of nitrogens with one attached hydrogen (secondary N) is 2. The zero-order chi connectivity index (χ0) is 17.5. The number of rotatable bonds is 7. The van der Waals surface area contributed by atoms with Crippen LogP contribution in [0.3, 0.4) is 0 Å². The maximum absolute atomic E-state index is 11.9. The van der Waals surface area contributed by atoms with E-state index in [0.717, 1.165) is 15.9 Å². The molecule has 1 aromatic carbocycles. The molecule has 2 amide bonds. The van der Waals surface area contributed by atoms with E-state index in [2.05, 4.69) is 50.6 Å². The predicted molar refractivity (Wildman–Crippen MR) is 99.1 cm³/mol. The number of hydrogen-bond donors (Lipinski definition) is 2. The third kappa shape index (κ3) is 6.37. The summed E-state index contributed by atoms with van der Waals surface area (Å²) >= 11 is 4.71. The molecule has 6 nitrogen and oxygen atoms in total. The van der Waals surface area contributed by atoms with E-state index in [1.165, 1.54) is 11.3 Å². The quantitative estimate of drug-likeness (QED) is 0.725. The van der Waals surface area contributed by atoms with Crippen LogP contribution in [0.15, 0.2) is 28.7 Å². The average molecular weight is 411 g/mol. The van der Waals surface area contributed by atoms with E-state index in [-0.39, 0.29) is 24.7 Å². The molecule has 8 heteroatoms. The molecule has 0 saturated carbocycles. The van der Waals surface area contributed by atoms with Crippen molar-refractivity contribution in [2.24, 2.45) is 5.92 Å². The van der Waals surface area contributed by atoms with Gasteiger partial charge in [0.15, 0.2) is 0 Å². The Bertz CT molecular complexity index is 718. The van der Waals surface area contributed by atoms with Gasteiger partial charge in [0, 0.05) is 29.4 Å². The lowest BCUT2D eigenvalue weighted by molar-refractivity contribution is -0.121. The third-order valence-corrected chi connectivity index (χ3v) is 4.34. The summed E-state index contributed by atoms with van der Waals surface area (Å²) in [5.41, 5.74) is 0.692. The van der Waals surface area contributed by atoms with Crippen molar-refractivity contribution in [2.45, 2.75) is 33.1 Å². The number of aromatic nitrogens is 2. The fourth-order valence-electron chi connectivity index (χ4n) is 1.93. The van der Waals surface area contributed by atoms with Crippen LogP contribution in [-0.4, -0.2) is 22.0 Å². The number of halogens is 1. The molecule has 2 N–H and O–H groups in total. The minimum absolute atomic E-state index is 0.0962. The Labute approximate surface area is 153 Å². The highest BCUT2D eigenvalue weighted by molar-refractivity contribution is 9.10. The zero-order valence-corrected chi connectivity index (χ0v) is 15.9. The Hall–Kier alpha value is -1.80. The van der Waals surface area contributed by atoms with Crippen LogP contribution in [0.4, 0.5) is 10.8 Å². The second-order valence-electron chi connectivity index (χ2n) is 5.71. The van der Waals surface area contributed by atoms with Crippen molar-refractivity contribution in [3.63, 3.8) is 0 Å². The molecule has 0 aliphatic carbocycles. The van der Waals surface area contributed by atoms with E-state index in [0.29, 0.717) is 16.7 Å². The van der Waals surface area contributed by atoms with Crippen LogP contribution >= 0.6 is 27.3 Å². The molecule has 1 heterocycles. The molecular formula is C16H19BrN4O2S. The molecule has 128 valence electrons. The van der Waals surface area contributed by atoms with E-state index in [4.69, 9.17) is 0 Å². The van der Waals surface area contributed by atoms with Gasteiger partial charge in [-0.3, -0.25) is 9.59 Å². The van der Waals surface area contributed by atoms with Crippen molar-refractivity contribution in [3.05, 3.63) is 33.7 Å². The fourth-order valence-corrected chi connectivity index (χ4v) is 3.30. The number of hydrogen-bond acceptors (Lipinski definition) is 5. The molecule has 0 radical (unpaired) electrons. The van der Waals surface area contributed by atoms with Crippen molar-refractivity contribution in [1.29, 1.82) is 0 Å². The van der Waals surface area contributed by atoms with Crippen LogP contribution in [0.5, 0.6) is 0 Å². The molecule has 24 heavy (non-hydrogen) atoms. The molecule has 0 saturated heterocycles. The highest BCUT2D eigenvalue weighted by Crippen LogP contribution is 2.19. The lowest BCUT2D eigenvalue weighted by atomic mass is 10.1. The van der Waals surface area contributed by atoms with Crippen molar-refractivity contribution < 1.29 is 9.59 Å². The van der Waals surface area contributed by atoms with Crippen LogP contribution in [0.1, 0.15) is 31.7 Å². The SMILES string of the molecule is CC(C)Cc1nnc(NC(=O)CCC(=O)Nc2cccc(Br)c2)s1. The van der Waals surface area contributed by atoms with Gasteiger partial charge in [-0.1, -0.05) is 47.2 Å².